The monoisotopic (exact) mass is 533 g/mol. The molecule has 1 atom stereocenters. The highest BCUT2D eigenvalue weighted by Crippen LogP contribution is 2.30. The summed E-state index contributed by atoms with van der Waals surface area (Å²) in [7, 11) is 0. The standard InChI is InChI=1S/C30H35N3O4S/c1-20(34)18-19-33(29(36)37-30(3,4)24-14-16-25(38-5)17-15-24)21(2)22-10-12-23(13-11-22)28(35)32-27-9-7-6-8-26(27)31/h6-17,21H,18-19,31H2,1-5H3,(H,32,35)/t21-/m1/s1. The molecule has 0 bridgehead atoms. The van der Waals surface area contributed by atoms with Crippen LogP contribution in [-0.2, 0) is 15.1 Å². The van der Waals surface area contributed by atoms with Crippen LogP contribution in [0.15, 0.2) is 77.7 Å². The third kappa shape index (κ3) is 7.38. The summed E-state index contributed by atoms with van der Waals surface area (Å²) in [5.74, 6) is -0.307. The second kappa shape index (κ2) is 12.6. The van der Waals surface area contributed by atoms with Crippen LogP contribution in [0.3, 0.4) is 0 Å². The zero-order chi connectivity index (χ0) is 27.9. The van der Waals surface area contributed by atoms with Gasteiger partial charge >= 0.3 is 6.09 Å². The van der Waals surface area contributed by atoms with E-state index in [9.17, 15) is 14.4 Å². The lowest BCUT2D eigenvalue weighted by atomic mass is 9.98. The molecule has 0 saturated carbocycles. The van der Waals surface area contributed by atoms with Gasteiger partial charge in [-0.1, -0.05) is 36.4 Å². The molecule has 0 aliphatic heterocycles. The molecule has 3 N–H and O–H groups in total. The number of rotatable bonds is 10. The number of nitrogens with two attached hydrogens (primary N) is 1. The summed E-state index contributed by atoms with van der Waals surface area (Å²) in [5.41, 5.74) is 8.21. The van der Waals surface area contributed by atoms with Gasteiger partial charge in [-0.3, -0.25) is 9.59 Å². The molecule has 7 nitrogen and oxygen atoms in total. The van der Waals surface area contributed by atoms with Crippen LogP contribution in [-0.4, -0.2) is 35.5 Å². The highest BCUT2D eigenvalue weighted by Gasteiger charge is 2.31. The van der Waals surface area contributed by atoms with E-state index in [1.165, 1.54) is 6.92 Å². The molecule has 0 spiro atoms. The smallest absolute Gasteiger partial charge is 0.411 e. The summed E-state index contributed by atoms with van der Waals surface area (Å²) in [6, 6.07) is 21.6. The summed E-state index contributed by atoms with van der Waals surface area (Å²) in [4.78, 5) is 40.5. The molecule has 8 heteroatoms. The summed E-state index contributed by atoms with van der Waals surface area (Å²) < 4.78 is 5.97. The second-order valence-corrected chi connectivity index (χ2v) is 10.5. The molecule has 0 radical (unpaired) electrons. The van der Waals surface area contributed by atoms with Crippen molar-refractivity contribution in [3.8, 4) is 0 Å². The van der Waals surface area contributed by atoms with Crippen LogP contribution in [0.1, 0.15) is 61.6 Å². The molecule has 0 aromatic heterocycles. The Bertz CT molecular complexity index is 1270. The third-order valence-electron chi connectivity index (χ3n) is 6.40. The van der Waals surface area contributed by atoms with E-state index in [4.69, 9.17) is 10.5 Å². The lowest BCUT2D eigenvalue weighted by Crippen LogP contribution is -2.39. The zero-order valence-corrected chi connectivity index (χ0v) is 23.3. The minimum Gasteiger partial charge on any atom is -0.438 e. The first-order valence-corrected chi connectivity index (χ1v) is 13.6. The van der Waals surface area contributed by atoms with Gasteiger partial charge in [-0.15, -0.1) is 11.8 Å². The molecule has 0 aliphatic rings. The minimum atomic E-state index is -0.872. The van der Waals surface area contributed by atoms with Crippen LogP contribution in [0, 0.1) is 0 Å². The largest absolute Gasteiger partial charge is 0.438 e. The van der Waals surface area contributed by atoms with Crippen molar-refractivity contribution < 1.29 is 19.1 Å². The number of amides is 2. The number of ether oxygens (including phenoxy) is 1. The number of thioether (sulfide) groups is 1. The summed E-state index contributed by atoms with van der Waals surface area (Å²) in [6.45, 7) is 7.28. The molecule has 0 unspecified atom stereocenters. The molecule has 3 aromatic rings. The lowest BCUT2D eigenvalue weighted by molar-refractivity contribution is -0.117. The Morgan fingerprint density at radius 3 is 2.21 bits per heavy atom. The van der Waals surface area contributed by atoms with Gasteiger partial charge in [0.05, 0.1) is 17.4 Å². The number of ketones is 1. The molecular formula is C30H35N3O4S. The van der Waals surface area contributed by atoms with E-state index >= 15 is 0 Å². The molecule has 0 saturated heterocycles. The van der Waals surface area contributed by atoms with Crippen molar-refractivity contribution in [2.75, 3.05) is 23.9 Å². The first-order chi connectivity index (χ1) is 18.0. The average molecular weight is 534 g/mol. The van der Waals surface area contributed by atoms with Crippen molar-refractivity contribution in [2.24, 2.45) is 0 Å². The highest BCUT2D eigenvalue weighted by molar-refractivity contribution is 7.98. The molecule has 200 valence electrons. The van der Waals surface area contributed by atoms with Crippen molar-refractivity contribution in [1.82, 2.24) is 4.90 Å². The average Bonchev–Trinajstić information content (AvgIpc) is 2.89. The Labute approximate surface area is 228 Å². The van der Waals surface area contributed by atoms with E-state index in [2.05, 4.69) is 5.32 Å². The number of anilines is 2. The molecule has 2 amide bonds. The SMILES string of the molecule is CSc1ccc(C(C)(C)OC(=O)N(CCC(C)=O)[C@H](C)c2ccc(C(=O)Nc3ccccc3N)cc2)cc1. The predicted octanol–water partition coefficient (Wildman–Crippen LogP) is 6.66. The van der Waals surface area contributed by atoms with Crippen LogP contribution in [0.25, 0.3) is 0 Å². The molecule has 0 heterocycles. The van der Waals surface area contributed by atoms with Crippen molar-refractivity contribution in [2.45, 2.75) is 50.7 Å². The van der Waals surface area contributed by atoms with Gasteiger partial charge in [0.1, 0.15) is 11.4 Å². The summed E-state index contributed by atoms with van der Waals surface area (Å²) in [6.07, 6.45) is 1.70. The predicted molar refractivity (Wildman–Crippen MR) is 153 cm³/mol. The molecule has 0 aliphatic carbocycles. The van der Waals surface area contributed by atoms with Gasteiger partial charge in [-0.05, 0) is 81.5 Å². The lowest BCUT2D eigenvalue weighted by Gasteiger charge is -2.33. The Morgan fingerprint density at radius 1 is 1.00 bits per heavy atom. The normalized spacial score (nSPS) is 11.9. The fraction of sp³-hybridized carbons (Fsp3) is 0.300. The number of nitrogens with one attached hydrogen (secondary N) is 1. The van der Waals surface area contributed by atoms with E-state index in [0.717, 1.165) is 16.0 Å². The van der Waals surface area contributed by atoms with E-state index < -0.39 is 17.7 Å². The zero-order valence-electron chi connectivity index (χ0n) is 22.5. The first-order valence-electron chi connectivity index (χ1n) is 12.4. The van der Waals surface area contributed by atoms with Crippen LogP contribution >= 0.6 is 11.8 Å². The van der Waals surface area contributed by atoms with Crippen molar-refractivity contribution in [3.05, 3.63) is 89.5 Å². The van der Waals surface area contributed by atoms with Crippen molar-refractivity contribution >= 4 is 40.9 Å². The first kappa shape index (κ1) is 28.8. The summed E-state index contributed by atoms with van der Waals surface area (Å²) >= 11 is 1.64. The van der Waals surface area contributed by atoms with Gasteiger partial charge in [0.2, 0.25) is 0 Å². The number of carbonyl (C=O) groups excluding carboxylic acids is 3. The maximum absolute atomic E-state index is 13.4. The van der Waals surface area contributed by atoms with E-state index in [-0.39, 0.29) is 24.7 Å². The van der Waals surface area contributed by atoms with Gasteiger partial charge < -0.3 is 20.7 Å². The van der Waals surface area contributed by atoms with Crippen LogP contribution in [0.5, 0.6) is 0 Å². The number of benzene rings is 3. The number of hydrogen-bond donors (Lipinski definition) is 2. The Hall–Kier alpha value is -3.78. The Balaban J connectivity index is 1.77. The number of para-hydroxylation sites is 2. The van der Waals surface area contributed by atoms with Crippen LogP contribution in [0.4, 0.5) is 16.2 Å². The van der Waals surface area contributed by atoms with Crippen LogP contribution < -0.4 is 11.1 Å². The van der Waals surface area contributed by atoms with E-state index in [1.54, 1.807) is 65.2 Å². The van der Waals surface area contributed by atoms with E-state index in [0.29, 0.717) is 16.9 Å². The number of nitrogen functional groups attached to an aromatic ring is 1. The fourth-order valence-corrected chi connectivity index (χ4v) is 4.36. The molecule has 0 fully saturated rings. The van der Waals surface area contributed by atoms with Gasteiger partial charge in [0, 0.05) is 23.4 Å². The highest BCUT2D eigenvalue weighted by atomic mass is 32.2. The van der Waals surface area contributed by atoms with E-state index in [1.807, 2.05) is 51.3 Å². The van der Waals surface area contributed by atoms with Crippen molar-refractivity contribution in [1.29, 1.82) is 0 Å². The molecule has 38 heavy (non-hydrogen) atoms. The second-order valence-electron chi connectivity index (χ2n) is 9.59. The number of carbonyl (C=O) groups is 3. The molecule has 3 aromatic carbocycles. The van der Waals surface area contributed by atoms with Gasteiger partial charge in [0.15, 0.2) is 0 Å². The maximum Gasteiger partial charge on any atom is 0.411 e. The summed E-state index contributed by atoms with van der Waals surface area (Å²) in [5, 5.41) is 2.81. The molecule has 3 rings (SSSR count). The number of hydrogen-bond acceptors (Lipinski definition) is 6. The quantitative estimate of drug-likeness (QED) is 0.223. The Kier molecular flexibility index (Phi) is 9.58. The van der Waals surface area contributed by atoms with Gasteiger partial charge in [0.25, 0.3) is 5.91 Å². The number of Topliss-reactive ketones (excluding diaryl/α,β-unsaturated/α-hetero) is 1. The van der Waals surface area contributed by atoms with Crippen molar-refractivity contribution in [3.63, 3.8) is 0 Å². The third-order valence-corrected chi connectivity index (χ3v) is 7.14. The van der Waals surface area contributed by atoms with Crippen LogP contribution in [0.2, 0.25) is 0 Å². The van der Waals surface area contributed by atoms with Gasteiger partial charge in [-0.25, -0.2) is 4.79 Å². The Morgan fingerprint density at radius 2 is 1.63 bits per heavy atom. The topological polar surface area (TPSA) is 102 Å². The maximum atomic E-state index is 13.4. The van der Waals surface area contributed by atoms with Gasteiger partial charge in [-0.2, -0.15) is 0 Å². The number of nitrogens with zero attached hydrogens (tertiary/aromatic N) is 1. The fourth-order valence-electron chi connectivity index (χ4n) is 3.95. The minimum absolute atomic E-state index is 0.0193. The molecular weight excluding hydrogens is 498 g/mol.